The molecule has 4 heteroatoms. The van der Waals surface area contributed by atoms with Crippen molar-refractivity contribution in [1.82, 2.24) is 4.98 Å². The summed E-state index contributed by atoms with van der Waals surface area (Å²) in [6.45, 7) is 5.69. The van der Waals surface area contributed by atoms with E-state index in [4.69, 9.17) is 9.47 Å². The number of rotatable bonds is 16. The zero-order valence-corrected chi connectivity index (χ0v) is 22.1. The predicted molar refractivity (Wildman–Crippen MR) is 151 cm³/mol. The highest BCUT2D eigenvalue weighted by Gasteiger charge is 2.07. The van der Waals surface area contributed by atoms with Crippen molar-refractivity contribution in [1.29, 1.82) is 0 Å². The standard InChI is InChI=1S/C31H39NO2S/c1-3-5-7-9-11-13-23-33-28-19-15-26(16-20-28)30-25-32-31(35-30)27-17-21-29(22-18-27)34-24-14-12-10-8-6-4-2/h11-22,25H,3-10,23-24H2,1-2H3/b13-11+,14-12+. The van der Waals surface area contributed by atoms with Crippen LogP contribution in [0.1, 0.15) is 65.2 Å². The molecule has 186 valence electrons. The van der Waals surface area contributed by atoms with Gasteiger partial charge in [-0.3, -0.25) is 0 Å². The average Bonchev–Trinajstić information content (AvgIpc) is 3.39. The molecule has 35 heavy (non-hydrogen) atoms. The summed E-state index contributed by atoms with van der Waals surface area (Å²) in [5.74, 6) is 1.78. The molecule has 0 saturated carbocycles. The van der Waals surface area contributed by atoms with Crippen LogP contribution < -0.4 is 9.47 Å². The van der Waals surface area contributed by atoms with Gasteiger partial charge in [-0.1, -0.05) is 63.8 Å². The highest BCUT2D eigenvalue weighted by molar-refractivity contribution is 7.18. The normalized spacial score (nSPS) is 11.5. The third-order valence-electron chi connectivity index (χ3n) is 5.72. The fourth-order valence-electron chi connectivity index (χ4n) is 3.64. The van der Waals surface area contributed by atoms with Crippen molar-refractivity contribution in [2.24, 2.45) is 0 Å². The van der Waals surface area contributed by atoms with Gasteiger partial charge in [-0.05, 0) is 79.8 Å². The molecule has 0 aliphatic heterocycles. The van der Waals surface area contributed by atoms with Crippen molar-refractivity contribution in [3.05, 3.63) is 79.0 Å². The lowest BCUT2D eigenvalue weighted by Crippen LogP contribution is -1.93. The summed E-state index contributed by atoms with van der Waals surface area (Å²) in [7, 11) is 0. The van der Waals surface area contributed by atoms with Gasteiger partial charge in [-0.25, -0.2) is 4.98 Å². The summed E-state index contributed by atoms with van der Waals surface area (Å²) in [6, 6.07) is 16.5. The molecule has 0 atom stereocenters. The molecule has 0 amide bonds. The number of nitrogens with zero attached hydrogens (tertiary/aromatic N) is 1. The molecule has 0 aliphatic rings. The summed E-state index contributed by atoms with van der Waals surface area (Å²) in [5.41, 5.74) is 2.26. The fraction of sp³-hybridized carbons (Fsp3) is 0.387. The highest BCUT2D eigenvalue weighted by atomic mass is 32.1. The molecular weight excluding hydrogens is 450 g/mol. The molecule has 3 nitrogen and oxygen atoms in total. The van der Waals surface area contributed by atoms with E-state index < -0.39 is 0 Å². The zero-order valence-electron chi connectivity index (χ0n) is 21.2. The molecule has 0 N–H and O–H groups in total. The topological polar surface area (TPSA) is 31.4 Å². The Labute approximate surface area is 215 Å². The van der Waals surface area contributed by atoms with Gasteiger partial charge in [0.1, 0.15) is 29.7 Å². The first kappa shape index (κ1) is 26.7. The molecule has 3 aromatic rings. The maximum Gasteiger partial charge on any atom is 0.123 e. The Morgan fingerprint density at radius 3 is 1.69 bits per heavy atom. The summed E-state index contributed by atoms with van der Waals surface area (Å²) in [4.78, 5) is 5.79. The van der Waals surface area contributed by atoms with Crippen LogP contribution in [0.4, 0.5) is 0 Å². The molecule has 0 saturated heterocycles. The van der Waals surface area contributed by atoms with E-state index in [-0.39, 0.29) is 0 Å². The number of ether oxygens (including phenoxy) is 2. The number of hydrogen-bond donors (Lipinski definition) is 0. The van der Waals surface area contributed by atoms with E-state index in [1.165, 1.54) is 38.5 Å². The number of benzene rings is 2. The van der Waals surface area contributed by atoms with Crippen molar-refractivity contribution in [2.45, 2.75) is 65.2 Å². The minimum Gasteiger partial charge on any atom is -0.490 e. The molecule has 0 aliphatic carbocycles. The van der Waals surface area contributed by atoms with Gasteiger partial charge in [0.2, 0.25) is 0 Å². The van der Waals surface area contributed by atoms with E-state index in [0.717, 1.165) is 45.4 Å². The largest absolute Gasteiger partial charge is 0.490 e. The quantitative estimate of drug-likeness (QED) is 0.148. The van der Waals surface area contributed by atoms with Gasteiger partial charge >= 0.3 is 0 Å². The molecule has 0 spiro atoms. The number of aromatic nitrogens is 1. The second kappa shape index (κ2) is 15.9. The lowest BCUT2D eigenvalue weighted by atomic mass is 10.2. The Bertz CT molecular complexity index is 937. The highest BCUT2D eigenvalue weighted by Crippen LogP contribution is 2.33. The lowest BCUT2D eigenvalue weighted by Gasteiger charge is -2.04. The van der Waals surface area contributed by atoms with Gasteiger partial charge in [-0.2, -0.15) is 0 Å². The second-order valence-electron chi connectivity index (χ2n) is 8.63. The Hall–Kier alpha value is -2.85. The fourth-order valence-corrected chi connectivity index (χ4v) is 4.56. The van der Waals surface area contributed by atoms with Crippen molar-refractivity contribution in [3.63, 3.8) is 0 Å². The Kier molecular flexibility index (Phi) is 12.2. The van der Waals surface area contributed by atoms with E-state index in [1.54, 1.807) is 11.3 Å². The summed E-state index contributed by atoms with van der Waals surface area (Å²) >= 11 is 1.70. The predicted octanol–water partition coefficient (Wildman–Crippen LogP) is 9.51. The SMILES string of the molecule is CCCCC/C=C/COc1ccc(-c2cnc(-c3ccc(OC/C=C/CCCCC)cc3)s2)cc1. The Morgan fingerprint density at radius 1 is 0.657 bits per heavy atom. The van der Waals surface area contributed by atoms with Crippen LogP contribution in [0.15, 0.2) is 79.0 Å². The van der Waals surface area contributed by atoms with Gasteiger partial charge in [0.05, 0.1) is 4.88 Å². The number of thiazole rings is 1. The van der Waals surface area contributed by atoms with Gasteiger partial charge in [0.25, 0.3) is 0 Å². The van der Waals surface area contributed by atoms with Crippen LogP contribution >= 0.6 is 11.3 Å². The van der Waals surface area contributed by atoms with Gasteiger partial charge < -0.3 is 9.47 Å². The molecular formula is C31H39NO2S. The molecule has 1 aromatic heterocycles. The van der Waals surface area contributed by atoms with Gasteiger partial charge in [0.15, 0.2) is 0 Å². The monoisotopic (exact) mass is 489 g/mol. The van der Waals surface area contributed by atoms with Crippen LogP contribution in [0.5, 0.6) is 11.5 Å². The van der Waals surface area contributed by atoms with E-state index in [9.17, 15) is 0 Å². The lowest BCUT2D eigenvalue weighted by molar-refractivity contribution is 0.362. The minimum atomic E-state index is 0.613. The maximum absolute atomic E-state index is 5.83. The van der Waals surface area contributed by atoms with E-state index >= 15 is 0 Å². The van der Waals surface area contributed by atoms with Gasteiger partial charge in [-0.15, -0.1) is 11.3 Å². The first-order chi connectivity index (χ1) is 17.3. The summed E-state index contributed by atoms with van der Waals surface area (Å²) in [5, 5.41) is 1.01. The van der Waals surface area contributed by atoms with E-state index in [1.807, 2.05) is 30.5 Å². The van der Waals surface area contributed by atoms with Crippen molar-refractivity contribution in [3.8, 4) is 32.5 Å². The molecule has 2 aromatic carbocycles. The van der Waals surface area contributed by atoms with Crippen LogP contribution in [0, 0.1) is 0 Å². The van der Waals surface area contributed by atoms with E-state index in [2.05, 4.69) is 67.4 Å². The van der Waals surface area contributed by atoms with Crippen molar-refractivity contribution in [2.75, 3.05) is 13.2 Å². The zero-order chi connectivity index (χ0) is 24.6. The smallest absolute Gasteiger partial charge is 0.123 e. The summed E-state index contributed by atoms with van der Waals surface area (Å²) < 4.78 is 11.7. The molecule has 3 rings (SSSR count). The number of allylic oxidation sites excluding steroid dienone is 2. The number of hydrogen-bond acceptors (Lipinski definition) is 4. The van der Waals surface area contributed by atoms with Crippen LogP contribution in [-0.4, -0.2) is 18.2 Å². The van der Waals surface area contributed by atoms with Crippen LogP contribution in [0.2, 0.25) is 0 Å². The molecule has 1 heterocycles. The maximum atomic E-state index is 5.83. The van der Waals surface area contributed by atoms with Crippen molar-refractivity contribution >= 4 is 11.3 Å². The van der Waals surface area contributed by atoms with Crippen LogP contribution in [0.25, 0.3) is 21.0 Å². The van der Waals surface area contributed by atoms with Crippen molar-refractivity contribution < 1.29 is 9.47 Å². The van der Waals surface area contributed by atoms with E-state index in [0.29, 0.717) is 13.2 Å². The first-order valence-corrected chi connectivity index (χ1v) is 13.8. The van der Waals surface area contributed by atoms with Crippen LogP contribution in [0.3, 0.4) is 0 Å². The Morgan fingerprint density at radius 2 is 1.17 bits per heavy atom. The third-order valence-corrected chi connectivity index (χ3v) is 6.82. The number of unbranched alkanes of at least 4 members (excludes halogenated alkanes) is 6. The molecule has 0 unspecified atom stereocenters. The Balaban J connectivity index is 1.46. The van der Waals surface area contributed by atoms with Crippen LogP contribution in [-0.2, 0) is 0 Å². The first-order valence-electron chi connectivity index (χ1n) is 13.0. The van der Waals surface area contributed by atoms with Gasteiger partial charge in [0, 0.05) is 11.8 Å². The molecule has 0 fully saturated rings. The molecule has 0 radical (unpaired) electrons. The summed E-state index contributed by atoms with van der Waals surface area (Å²) in [6.07, 6.45) is 20.5. The second-order valence-corrected chi connectivity index (χ2v) is 9.67. The minimum absolute atomic E-state index is 0.613. The molecule has 0 bridgehead atoms. The average molecular weight is 490 g/mol. The third kappa shape index (κ3) is 9.73.